The van der Waals surface area contributed by atoms with Crippen LogP contribution in [0.4, 0.5) is 0 Å². The summed E-state index contributed by atoms with van der Waals surface area (Å²) in [5.41, 5.74) is 5.27. The molecule has 0 radical (unpaired) electrons. The van der Waals surface area contributed by atoms with E-state index in [-0.39, 0.29) is 0 Å². The summed E-state index contributed by atoms with van der Waals surface area (Å²) in [7, 11) is 3.24. The number of nitrogens with one attached hydrogen (secondary N) is 3. The Morgan fingerprint density at radius 2 is 2.50 bits per heavy atom. The van der Waals surface area contributed by atoms with E-state index in [2.05, 4.69) is 26.2 Å². The van der Waals surface area contributed by atoms with Gasteiger partial charge in [-0.1, -0.05) is 0 Å². The van der Waals surface area contributed by atoms with E-state index < -0.39 is 0 Å². The van der Waals surface area contributed by atoms with Crippen molar-refractivity contribution >= 4 is 5.96 Å². The predicted octanol–water partition coefficient (Wildman–Crippen LogP) is -0.746. The Bertz CT molecular complexity index is 180. The van der Waals surface area contributed by atoms with Gasteiger partial charge in [0, 0.05) is 26.1 Å². The van der Waals surface area contributed by atoms with Crippen LogP contribution in [0.1, 0.15) is 6.42 Å². The van der Waals surface area contributed by atoms with Crippen molar-refractivity contribution in [2.75, 3.05) is 33.9 Å². The van der Waals surface area contributed by atoms with Crippen LogP contribution in [0.3, 0.4) is 0 Å². The molecule has 6 heteroatoms. The van der Waals surface area contributed by atoms with Crippen LogP contribution >= 0.6 is 0 Å². The summed E-state index contributed by atoms with van der Waals surface area (Å²) in [5.74, 6) is 1.25. The van der Waals surface area contributed by atoms with Crippen molar-refractivity contribution in [1.29, 1.82) is 0 Å². The van der Waals surface area contributed by atoms with Gasteiger partial charge in [-0.2, -0.15) is 0 Å². The number of hydrogen-bond donors (Lipinski definition) is 3. The van der Waals surface area contributed by atoms with Gasteiger partial charge in [-0.15, -0.1) is 5.59 Å². The highest BCUT2D eigenvalue weighted by molar-refractivity contribution is 5.78. The summed E-state index contributed by atoms with van der Waals surface area (Å²) >= 11 is 0. The minimum Gasteiger partial charge on any atom is -0.381 e. The van der Waals surface area contributed by atoms with E-state index in [1.165, 1.54) is 7.11 Å². The molecule has 1 atom stereocenters. The lowest BCUT2D eigenvalue weighted by Crippen LogP contribution is -2.46. The fourth-order valence-corrected chi connectivity index (χ4v) is 1.26. The molecule has 0 aliphatic carbocycles. The summed E-state index contributed by atoms with van der Waals surface area (Å²) in [4.78, 5) is 8.64. The summed E-state index contributed by atoms with van der Waals surface area (Å²) in [6, 6.07) is 0. The van der Waals surface area contributed by atoms with Gasteiger partial charge in [0.1, 0.15) is 0 Å². The zero-order valence-electron chi connectivity index (χ0n) is 8.67. The average Bonchev–Trinajstić information content (AvgIpc) is 2.71. The summed E-state index contributed by atoms with van der Waals surface area (Å²) in [6.07, 6.45) is 1.11. The number of aliphatic imine (C=N–C) groups is 1. The standard InChI is InChI=1S/C8H18N4O2/c1-9-8(11-12-13-2)10-5-7-3-4-14-6-7/h7,12H,3-6H2,1-2H3,(H2,9,10,11). The monoisotopic (exact) mass is 202 g/mol. The molecule has 0 aromatic rings. The van der Waals surface area contributed by atoms with Crippen molar-refractivity contribution < 1.29 is 9.57 Å². The van der Waals surface area contributed by atoms with Crippen molar-refractivity contribution in [2.24, 2.45) is 10.9 Å². The van der Waals surface area contributed by atoms with Gasteiger partial charge in [0.15, 0.2) is 0 Å². The first kappa shape index (κ1) is 11.2. The fraction of sp³-hybridized carbons (Fsp3) is 0.875. The van der Waals surface area contributed by atoms with Crippen LogP contribution < -0.4 is 16.3 Å². The minimum absolute atomic E-state index is 0.580. The molecule has 0 saturated carbocycles. The highest BCUT2D eigenvalue weighted by atomic mass is 16.7. The Kier molecular flexibility index (Phi) is 5.28. The van der Waals surface area contributed by atoms with Crippen LogP contribution in [0.15, 0.2) is 4.99 Å². The highest BCUT2D eigenvalue weighted by Crippen LogP contribution is 2.10. The zero-order valence-corrected chi connectivity index (χ0v) is 8.67. The quantitative estimate of drug-likeness (QED) is 0.318. The molecule has 1 aliphatic heterocycles. The van der Waals surface area contributed by atoms with Crippen LogP contribution in [0.2, 0.25) is 0 Å². The largest absolute Gasteiger partial charge is 0.381 e. The first-order valence-electron chi connectivity index (χ1n) is 4.69. The van der Waals surface area contributed by atoms with Gasteiger partial charge in [0.25, 0.3) is 0 Å². The van der Waals surface area contributed by atoms with Crippen molar-refractivity contribution in [3.8, 4) is 0 Å². The van der Waals surface area contributed by atoms with Crippen molar-refractivity contribution in [2.45, 2.75) is 6.42 Å². The van der Waals surface area contributed by atoms with Gasteiger partial charge in [0.05, 0.1) is 13.7 Å². The van der Waals surface area contributed by atoms with E-state index in [4.69, 9.17) is 4.74 Å². The lowest BCUT2D eigenvalue weighted by atomic mass is 10.1. The van der Waals surface area contributed by atoms with Gasteiger partial charge in [-0.05, 0) is 6.42 Å². The van der Waals surface area contributed by atoms with Crippen molar-refractivity contribution in [1.82, 2.24) is 16.3 Å². The van der Waals surface area contributed by atoms with Gasteiger partial charge in [-0.3, -0.25) is 15.3 Å². The third kappa shape index (κ3) is 3.91. The fourth-order valence-electron chi connectivity index (χ4n) is 1.26. The molecule has 1 unspecified atom stereocenters. The highest BCUT2D eigenvalue weighted by Gasteiger charge is 2.15. The Morgan fingerprint density at radius 1 is 1.64 bits per heavy atom. The van der Waals surface area contributed by atoms with Gasteiger partial charge < -0.3 is 10.1 Å². The number of rotatable bonds is 4. The molecule has 0 bridgehead atoms. The van der Waals surface area contributed by atoms with Gasteiger partial charge >= 0.3 is 0 Å². The normalized spacial score (nSPS) is 22.4. The second kappa shape index (κ2) is 6.58. The van der Waals surface area contributed by atoms with Gasteiger partial charge in [0.2, 0.25) is 5.96 Å². The molecule has 1 rings (SSSR count). The van der Waals surface area contributed by atoms with Gasteiger partial charge in [-0.25, -0.2) is 0 Å². The molecule has 0 amide bonds. The Balaban J connectivity index is 2.13. The van der Waals surface area contributed by atoms with E-state index >= 15 is 0 Å². The number of nitrogens with zero attached hydrogens (tertiary/aromatic N) is 1. The molecular formula is C8H18N4O2. The smallest absolute Gasteiger partial charge is 0.207 e. The molecule has 1 saturated heterocycles. The van der Waals surface area contributed by atoms with Crippen molar-refractivity contribution in [3.05, 3.63) is 0 Å². The SMILES string of the molecule is CN=C(NCC1CCOC1)NNOC. The van der Waals surface area contributed by atoms with E-state index in [0.29, 0.717) is 11.9 Å². The molecule has 1 aliphatic rings. The van der Waals surface area contributed by atoms with E-state index in [9.17, 15) is 0 Å². The van der Waals surface area contributed by atoms with E-state index in [1.807, 2.05) is 0 Å². The molecule has 6 nitrogen and oxygen atoms in total. The van der Waals surface area contributed by atoms with Crippen LogP contribution in [-0.2, 0) is 9.57 Å². The Hall–Kier alpha value is -0.850. The number of guanidine groups is 1. The molecule has 0 aromatic heterocycles. The maximum absolute atomic E-state index is 5.26. The molecule has 1 fully saturated rings. The van der Waals surface area contributed by atoms with E-state index in [0.717, 1.165) is 26.2 Å². The molecule has 3 N–H and O–H groups in total. The molecule has 14 heavy (non-hydrogen) atoms. The van der Waals surface area contributed by atoms with Crippen LogP contribution in [0, 0.1) is 5.92 Å². The molecule has 1 heterocycles. The number of ether oxygens (including phenoxy) is 1. The Morgan fingerprint density at radius 3 is 3.07 bits per heavy atom. The number of hydrogen-bond acceptors (Lipinski definition) is 4. The summed E-state index contributed by atoms with van der Waals surface area (Å²) < 4.78 is 5.26. The lowest BCUT2D eigenvalue weighted by molar-refractivity contribution is 0.0724. The summed E-state index contributed by atoms with van der Waals surface area (Å²) in [6.45, 7) is 2.57. The molecular weight excluding hydrogens is 184 g/mol. The third-order valence-corrected chi connectivity index (χ3v) is 2.08. The Labute approximate surface area is 84.0 Å². The van der Waals surface area contributed by atoms with Crippen LogP contribution in [-0.4, -0.2) is 39.9 Å². The predicted molar refractivity (Wildman–Crippen MR) is 53.6 cm³/mol. The summed E-state index contributed by atoms with van der Waals surface area (Å²) in [5, 5.41) is 3.16. The third-order valence-electron chi connectivity index (χ3n) is 2.08. The average molecular weight is 202 g/mol. The molecule has 0 aromatic carbocycles. The molecule has 82 valence electrons. The maximum Gasteiger partial charge on any atom is 0.207 e. The first-order valence-corrected chi connectivity index (χ1v) is 4.69. The topological polar surface area (TPSA) is 66.9 Å². The van der Waals surface area contributed by atoms with Crippen LogP contribution in [0.5, 0.6) is 0 Å². The second-order valence-electron chi connectivity index (χ2n) is 3.11. The zero-order chi connectivity index (χ0) is 10.2. The minimum atomic E-state index is 0.580. The van der Waals surface area contributed by atoms with E-state index in [1.54, 1.807) is 7.05 Å². The second-order valence-corrected chi connectivity index (χ2v) is 3.11. The maximum atomic E-state index is 5.26. The first-order chi connectivity index (χ1) is 6.86. The van der Waals surface area contributed by atoms with Crippen molar-refractivity contribution in [3.63, 3.8) is 0 Å². The molecule has 0 spiro atoms. The number of hydrazine groups is 1. The van der Waals surface area contributed by atoms with Crippen LogP contribution in [0.25, 0.3) is 0 Å². The lowest BCUT2D eigenvalue weighted by Gasteiger charge is -2.13.